The Labute approximate surface area is 139 Å². The normalized spacial score (nSPS) is 11.2. The summed E-state index contributed by atoms with van der Waals surface area (Å²) < 4.78 is 28.1. The molecule has 0 fully saturated rings. The summed E-state index contributed by atoms with van der Waals surface area (Å²) in [5.41, 5.74) is 0.575. The van der Waals surface area contributed by atoms with Gasteiger partial charge in [0.25, 0.3) is 0 Å². The second-order valence-electron chi connectivity index (χ2n) is 4.65. The first-order chi connectivity index (χ1) is 10.6. The highest BCUT2D eigenvalue weighted by atomic mass is 35.5. The van der Waals surface area contributed by atoms with Crippen LogP contribution in [0.5, 0.6) is 0 Å². The zero-order valence-corrected chi connectivity index (χ0v) is 14.5. The Morgan fingerprint density at radius 2 is 2.00 bits per heavy atom. The van der Waals surface area contributed by atoms with Crippen molar-refractivity contribution < 1.29 is 22.7 Å². The van der Waals surface area contributed by atoms with E-state index >= 15 is 0 Å². The molecule has 0 aliphatic rings. The van der Waals surface area contributed by atoms with Crippen LogP contribution in [0.25, 0.3) is 0 Å². The van der Waals surface area contributed by atoms with Crippen LogP contribution in [0.3, 0.4) is 0 Å². The molecule has 0 unspecified atom stereocenters. The first-order valence-corrected chi connectivity index (χ1v) is 8.72. The second kappa shape index (κ2) is 8.14. The number of carbonyl (C=O) groups excluding carboxylic acids is 2. The third-order valence-electron chi connectivity index (χ3n) is 2.91. The van der Waals surface area contributed by atoms with E-state index in [1.807, 2.05) is 0 Å². The topological polar surface area (TPSA) is 105 Å². The third kappa shape index (κ3) is 6.05. The Morgan fingerprint density at radius 3 is 2.52 bits per heavy atom. The maximum atomic E-state index is 11.7. The first kappa shape index (κ1) is 19.2. The molecule has 0 radical (unpaired) electrons. The number of halogens is 1. The number of hydrogen-bond donors (Lipinski definition) is 2. The Morgan fingerprint density at radius 1 is 1.35 bits per heavy atom. The van der Waals surface area contributed by atoms with Crippen molar-refractivity contribution in [3.05, 3.63) is 28.8 Å². The molecule has 23 heavy (non-hydrogen) atoms. The van der Waals surface area contributed by atoms with E-state index in [-0.39, 0.29) is 23.7 Å². The number of benzene rings is 1. The van der Waals surface area contributed by atoms with Crippen molar-refractivity contribution in [2.24, 2.45) is 0 Å². The van der Waals surface area contributed by atoms with E-state index in [1.165, 1.54) is 32.4 Å². The molecular weight excluding hydrogens is 346 g/mol. The molecule has 0 saturated carbocycles. The summed E-state index contributed by atoms with van der Waals surface area (Å²) in [5, 5.41) is 5.18. The van der Waals surface area contributed by atoms with Crippen molar-refractivity contribution >= 4 is 39.3 Å². The molecule has 128 valence electrons. The molecule has 1 rings (SSSR count). The highest BCUT2D eigenvalue weighted by Gasteiger charge is 2.13. The average molecular weight is 364 g/mol. The molecule has 0 saturated heterocycles. The highest BCUT2D eigenvalue weighted by Crippen LogP contribution is 2.21. The largest absolute Gasteiger partial charge is 0.465 e. The zero-order chi connectivity index (χ0) is 17.6. The molecule has 1 aromatic rings. The van der Waals surface area contributed by atoms with Crippen LogP contribution in [0.4, 0.5) is 10.5 Å². The Kier molecular flexibility index (Phi) is 6.79. The van der Waals surface area contributed by atoms with Crippen molar-refractivity contribution in [1.29, 1.82) is 0 Å². The van der Waals surface area contributed by atoms with E-state index in [2.05, 4.69) is 15.4 Å². The molecule has 2 amide bonds. The number of ether oxygens (including phenoxy) is 1. The Bertz CT molecular complexity index is 693. The molecule has 2 N–H and O–H groups in total. The lowest BCUT2D eigenvalue weighted by molar-refractivity contribution is 0.0601. The number of nitrogens with zero attached hydrogens (tertiary/aromatic N) is 1. The van der Waals surface area contributed by atoms with Crippen molar-refractivity contribution in [3.8, 4) is 0 Å². The lowest BCUT2D eigenvalue weighted by Crippen LogP contribution is -2.37. The number of hydrogen-bond acceptors (Lipinski definition) is 5. The van der Waals surface area contributed by atoms with Gasteiger partial charge < -0.3 is 15.4 Å². The smallest absolute Gasteiger partial charge is 0.339 e. The van der Waals surface area contributed by atoms with Crippen molar-refractivity contribution in [1.82, 2.24) is 9.62 Å². The number of nitrogens with one attached hydrogen (secondary N) is 2. The van der Waals surface area contributed by atoms with Crippen LogP contribution in [0, 0.1) is 0 Å². The van der Waals surface area contributed by atoms with Gasteiger partial charge in [-0.1, -0.05) is 11.6 Å². The highest BCUT2D eigenvalue weighted by molar-refractivity contribution is 7.88. The number of urea groups is 1. The van der Waals surface area contributed by atoms with Gasteiger partial charge in [0.15, 0.2) is 0 Å². The third-order valence-corrected chi connectivity index (χ3v) is 4.54. The first-order valence-electron chi connectivity index (χ1n) is 6.49. The Balaban J connectivity index is 2.55. The van der Waals surface area contributed by atoms with Gasteiger partial charge in [0.2, 0.25) is 10.0 Å². The lowest BCUT2D eigenvalue weighted by atomic mass is 10.2. The van der Waals surface area contributed by atoms with E-state index in [0.29, 0.717) is 5.69 Å². The van der Waals surface area contributed by atoms with Crippen LogP contribution >= 0.6 is 11.6 Å². The summed E-state index contributed by atoms with van der Waals surface area (Å²) in [6, 6.07) is 3.83. The van der Waals surface area contributed by atoms with E-state index in [9.17, 15) is 18.0 Å². The molecule has 10 heteroatoms. The molecule has 1 aromatic carbocycles. The molecule has 0 aliphatic carbocycles. The van der Waals surface area contributed by atoms with E-state index in [4.69, 9.17) is 11.6 Å². The molecule has 0 bridgehead atoms. The standard InChI is InChI=1S/C13H18ClN3O5S/c1-17(23(3,20)21)7-6-15-13(19)16-9-4-5-10(11(14)8-9)12(18)22-2/h4-5,8H,6-7H2,1-3H3,(H2,15,16,19). The summed E-state index contributed by atoms with van der Waals surface area (Å²) in [4.78, 5) is 23.1. The van der Waals surface area contributed by atoms with Gasteiger partial charge in [0.1, 0.15) is 0 Å². The fourth-order valence-electron chi connectivity index (χ4n) is 1.54. The van der Waals surface area contributed by atoms with Gasteiger partial charge >= 0.3 is 12.0 Å². The number of likely N-dealkylation sites (N-methyl/N-ethyl adjacent to an activating group) is 1. The van der Waals surface area contributed by atoms with Crippen molar-refractivity contribution in [2.45, 2.75) is 0 Å². The van der Waals surface area contributed by atoms with Crippen LogP contribution < -0.4 is 10.6 Å². The van der Waals surface area contributed by atoms with Gasteiger partial charge in [-0.3, -0.25) is 0 Å². The summed E-state index contributed by atoms with van der Waals surface area (Å²) in [7, 11) is -0.622. The van der Waals surface area contributed by atoms with Crippen LogP contribution in [0.15, 0.2) is 18.2 Å². The minimum atomic E-state index is -3.28. The summed E-state index contributed by atoms with van der Waals surface area (Å²) in [6.45, 7) is 0.289. The number of carbonyl (C=O) groups is 2. The minimum absolute atomic E-state index is 0.142. The average Bonchev–Trinajstić information content (AvgIpc) is 2.45. The molecule has 0 aromatic heterocycles. The molecule has 0 aliphatic heterocycles. The van der Waals surface area contributed by atoms with E-state index in [1.54, 1.807) is 0 Å². The number of amides is 2. The monoisotopic (exact) mass is 363 g/mol. The number of esters is 1. The number of sulfonamides is 1. The molecule has 0 heterocycles. The maximum Gasteiger partial charge on any atom is 0.339 e. The lowest BCUT2D eigenvalue weighted by Gasteiger charge is -2.14. The van der Waals surface area contributed by atoms with Gasteiger partial charge in [-0.25, -0.2) is 22.3 Å². The molecule has 0 spiro atoms. The molecule has 8 nitrogen and oxygen atoms in total. The van der Waals surface area contributed by atoms with E-state index < -0.39 is 22.0 Å². The van der Waals surface area contributed by atoms with E-state index in [0.717, 1.165) is 10.6 Å². The van der Waals surface area contributed by atoms with Gasteiger partial charge in [0, 0.05) is 25.8 Å². The predicted octanol–water partition coefficient (Wildman–Crippen LogP) is 1.14. The van der Waals surface area contributed by atoms with Gasteiger partial charge in [-0.2, -0.15) is 0 Å². The summed E-state index contributed by atoms with van der Waals surface area (Å²) in [5.74, 6) is -0.574. The van der Waals surface area contributed by atoms with Crippen molar-refractivity contribution in [2.75, 3.05) is 38.8 Å². The van der Waals surface area contributed by atoms with Gasteiger partial charge in [-0.05, 0) is 18.2 Å². The summed E-state index contributed by atoms with van der Waals surface area (Å²) >= 11 is 5.94. The zero-order valence-electron chi connectivity index (χ0n) is 12.9. The van der Waals surface area contributed by atoms with Crippen LogP contribution in [0.1, 0.15) is 10.4 Å². The minimum Gasteiger partial charge on any atom is -0.465 e. The van der Waals surface area contributed by atoms with Gasteiger partial charge in [0.05, 0.1) is 24.0 Å². The number of methoxy groups -OCH3 is 1. The second-order valence-corrected chi connectivity index (χ2v) is 7.15. The van der Waals surface area contributed by atoms with Crippen LogP contribution in [-0.2, 0) is 14.8 Å². The quantitative estimate of drug-likeness (QED) is 0.737. The molecular formula is C13H18ClN3O5S. The van der Waals surface area contributed by atoms with Gasteiger partial charge in [-0.15, -0.1) is 0 Å². The van der Waals surface area contributed by atoms with Crippen LogP contribution in [-0.4, -0.2) is 58.2 Å². The molecule has 0 atom stereocenters. The van der Waals surface area contributed by atoms with Crippen LogP contribution in [0.2, 0.25) is 5.02 Å². The fraction of sp³-hybridized carbons (Fsp3) is 0.385. The predicted molar refractivity (Wildman–Crippen MR) is 87.3 cm³/mol. The SMILES string of the molecule is COC(=O)c1ccc(NC(=O)NCCN(C)S(C)(=O)=O)cc1Cl. The maximum absolute atomic E-state index is 11.7. The summed E-state index contributed by atoms with van der Waals surface area (Å²) in [6.07, 6.45) is 1.08. The Hall–Kier alpha value is -1.84. The number of rotatable bonds is 6. The van der Waals surface area contributed by atoms with Crippen molar-refractivity contribution in [3.63, 3.8) is 0 Å². The fourth-order valence-corrected chi connectivity index (χ4v) is 2.22. The number of anilines is 1.